The number of amides is 2. The van der Waals surface area contributed by atoms with Crippen molar-refractivity contribution in [2.75, 3.05) is 25.2 Å². The highest BCUT2D eigenvalue weighted by Crippen LogP contribution is 2.25. The summed E-state index contributed by atoms with van der Waals surface area (Å²) in [6.07, 6.45) is 0.0181. The number of esters is 1. The lowest BCUT2D eigenvalue weighted by Gasteiger charge is -2.15. The molecule has 1 saturated heterocycles. The molecule has 1 fully saturated rings. The molecule has 7 heteroatoms. The molecule has 1 atom stereocenters. The highest BCUT2D eigenvalue weighted by molar-refractivity contribution is 6.22. The van der Waals surface area contributed by atoms with Gasteiger partial charge in [0.05, 0.1) is 38.4 Å². The van der Waals surface area contributed by atoms with Gasteiger partial charge in [0.25, 0.3) is 5.91 Å². The zero-order chi connectivity index (χ0) is 16.1. The summed E-state index contributed by atoms with van der Waals surface area (Å²) >= 11 is 0. The average molecular weight is 306 g/mol. The molecule has 0 spiro atoms. The van der Waals surface area contributed by atoms with E-state index >= 15 is 0 Å². The summed E-state index contributed by atoms with van der Waals surface area (Å²) in [5, 5.41) is 2.76. The number of rotatable bonds is 6. The second-order valence-corrected chi connectivity index (χ2v) is 4.71. The molecule has 22 heavy (non-hydrogen) atoms. The summed E-state index contributed by atoms with van der Waals surface area (Å²) < 4.78 is 9.82. The van der Waals surface area contributed by atoms with Gasteiger partial charge < -0.3 is 9.47 Å². The molecule has 1 aromatic rings. The van der Waals surface area contributed by atoms with E-state index in [0.29, 0.717) is 11.4 Å². The minimum absolute atomic E-state index is 0.0181. The summed E-state index contributed by atoms with van der Waals surface area (Å²) in [5.41, 5.74) is 0.483. The maximum Gasteiger partial charge on any atom is 0.319 e. The SMILES string of the molecule is CCOC(=O)CN[C@H]1CC(=O)N(c2ccc(OC)cc2)C1=O. The van der Waals surface area contributed by atoms with Crippen LogP contribution in [0.4, 0.5) is 5.69 Å². The van der Waals surface area contributed by atoms with E-state index in [-0.39, 0.29) is 31.4 Å². The van der Waals surface area contributed by atoms with Crippen molar-refractivity contribution in [3.63, 3.8) is 0 Å². The first kappa shape index (κ1) is 16.0. The Balaban J connectivity index is 2.03. The van der Waals surface area contributed by atoms with Crippen LogP contribution in [-0.4, -0.2) is 44.1 Å². The van der Waals surface area contributed by atoms with E-state index in [2.05, 4.69) is 5.32 Å². The molecule has 1 N–H and O–H groups in total. The number of nitrogens with zero attached hydrogens (tertiary/aromatic N) is 1. The minimum atomic E-state index is -0.709. The lowest BCUT2D eigenvalue weighted by atomic mass is 10.2. The maximum absolute atomic E-state index is 12.3. The van der Waals surface area contributed by atoms with E-state index in [1.165, 1.54) is 7.11 Å². The Morgan fingerprint density at radius 1 is 1.32 bits per heavy atom. The molecule has 0 bridgehead atoms. The maximum atomic E-state index is 12.3. The standard InChI is InChI=1S/C15H18N2O5/c1-3-22-14(19)9-16-12-8-13(18)17(15(12)20)10-4-6-11(21-2)7-5-10/h4-7,12,16H,3,8-9H2,1-2H3/t12-/m0/s1. The van der Waals surface area contributed by atoms with Crippen LogP contribution in [-0.2, 0) is 19.1 Å². The number of anilines is 1. The summed E-state index contributed by atoms with van der Waals surface area (Å²) in [6.45, 7) is 1.87. The number of carbonyl (C=O) groups is 3. The summed E-state index contributed by atoms with van der Waals surface area (Å²) in [6, 6.07) is 5.92. The van der Waals surface area contributed by atoms with Crippen molar-refractivity contribution in [2.45, 2.75) is 19.4 Å². The van der Waals surface area contributed by atoms with Crippen LogP contribution in [0.2, 0.25) is 0 Å². The van der Waals surface area contributed by atoms with Gasteiger partial charge in [0.2, 0.25) is 5.91 Å². The van der Waals surface area contributed by atoms with Crippen LogP contribution in [0.15, 0.2) is 24.3 Å². The molecular weight excluding hydrogens is 288 g/mol. The fourth-order valence-corrected chi connectivity index (χ4v) is 2.21. The normalized spacial score (nSPS) is 17.7. The lowest BCUT2D eigenvalue weighted by molar-refractivity contribution is -0.142. The Labute approximate surface area is 128 Å². The van der Waals surface area contributed by atoms with Gasteiger partial charge in [-0.05, 0) is 31.2 Å². The molecule has 0 saturated carbocycles. The molecule has 118 valence electrons. The number of ether oxygens (including phenoxy) is 2. The number of hydrogen-bond donors (Lipinski definition) is 1. The fraction of sp³-hybridized carbons (Fsp3) is 0.400. The monoisotopic (exact) mass is 306 g/mol. The van der Waals surface area contributed by atoms with Crippen molar-refractivity contribution in [2.24, 2.45) is 0 Å². The Kier molecular flexibility index (Phi) is 5.11. The van der Waals surface area contributed by atoms with E-state index in [1.807, 2.05) is 0 Å². The van der Waals surface area contributed by atoms with Crippen molar-refractivity contribution < 1.29 is 23.9 Å². The van der Waals surface area contributed by atoms with Crippen LogP contribution in [0.25, 0.3) is 0 Å². The average Bonchev–Trinajstić information content (AvgIpc) is 2.80. The molecular formula is C15H18N2O5. The molecule has 0 aromatic heterocycles. The van der Waals surface area contributed by atoms with Gasteiger partial charge in [-0.3, -0.25) is 19.7 Å². The van der Waals surface area contributed by atoms with Crippen LogP contribution in [0.5, 0.6) is 5.75 Å². The largest absolute Gasteiger partial charge is 0.497 e. The number of carbonyl (C=O) groups excluding carboxylic acids is 3. The zero-order valence-corrected chi connectivity index (χ0v) is 12.5. The van der Waals surface area contributed by atoms with Gasteiger partial charge in [-0.25, -0.2) is 4.90 Å². The number of nitrogens with one attached hydrogen (secondary N) is 1. The van der Waals surface area contributed by atoms with Gasteiger partial charge in [0, 0.05) is 0 Å². The quantitative estimate of drug-likeness (QED) is 0.608. The van der Waals surface area contributed by atoms with Crippen molar-refractivity contribution in [1.82, 2.24) is 5.32 Å². The van der Waals surface area contributed by atoms with Crippen LogP contribution in [0.1, 0.15) is 13.3 Å². The molecule has 1 heterocycles. The van der Waals surface area contributed by atoms with Crippen molar-refractivity contribution in [1.29, 1.82) is 0 Å². The van der Waals surface area contributed by atoms with E-state index in [4.69, 9.17) is 9.47 Å². The Bertz CT molecular complexity index is 570. The molecule has 1 aromatic carbocycles. The van der Waals surface area contributed by atoms with E-state index in [1.54, 1.807) is 31.2 Å². The first-order chi connectivity index (χ1) is 10.6. The highest BCUT2D eigenvalue weighted by atomic mass is 16.5. The van der Waals surface area contributed by atoms with Crippen molar-refractivity contribution >= 4 is 23.5 Å². The van der Waals surface area contributed by atoms with Gasteiger partial charge in [-0.15, -0.1) is 0 Å². The number of hydrogen-bond acceptors (Lipinski definition) is 6. The topological polar surface area (TPSA) is 84.9 Å². The second-order valence-electron chi connectivity index (χ2n) is 4.71. The Morgan fingerprint density at radius 2 is 2.00 bits per heavy atom. The van der Waals surface area contributed by atoms with E-state index < -0.39 is 12.0 Å². The molecule has 7 nitrogen and oxygen atoms in total. The molecule has 2 amide bonds. The minimum Gasteiger partial charge on any atom is -0.497 e. The summed E-state index contributed by atoms with van der Waals surface area (Å²) in [4.78, 5) is 36.8. The highest BCUT2D eigenvalue weighted by Gasteiger charge is 2.39. The van der Waals surface area contributed by atoms with Gasteiger partial charge in [-0.1, -0.05) is 0 Å². The van der Waals surface area contributed by atoms with Crippen molar-refractivity contribution in [3.05, 3.63) is 24.3 Å². The Morgan fingerprint density at radius 3 is 2.59 bits per heavy atom. The van der Waals surface area contributed by atoms with Crippen LogP contribution < -0.4 is 15.0 Å². The summed E-state index contributed by atoms with van der Waals surface area (Å²) in [5.74, 6) is -0.499. The molecule has 1 aliphatic rings. The van der Waals surface area contributed by atoms with E-state index in [0.717, 1.165) is 4.90 Å². The summed E-state index contributed by atoms with van der Waals surface area (Å²) in [7, 11) is 1.54. The van der Waals surface area contributed by atoms with Gasteiger partial charge in [0.1, 0.15) is 5.75 Å². The predicted molar refractivity (Wildman–Crippen MR) is 78.5 cm³/mol. The fourth-order valence-electron chi connectivity index (χ4n) is 2.21. The molecule has 2 rings (SSSR count). The number of methoxy groups -OCH3 is 1. The van der Waals surface area contributed by atoms with Crippen molar-refractivity contribution in [3.8, 4) is 5.75 Å². The third kappa shape index (κ3) is 3.43. The predicted octanol–water partition coefficient (Wildman–Crippen LogP) is 0.480. The zero-order valence-electron chi connectivity index (χ0n) is 12.5. The van der Waals surface area contributed by atoms with Gasteiger partial charge >= 0.3 is 5.97 Å². The molecule has 1 aliphatic heterocycles. The van der Waals surface area contributed by atoms with Crippen LogP contribution in [0.3, 0.4) is 0 Å². The molecule has 0 unspecified atom stereocenters. The third-order valence-corrected chi connectivity index (χ3v) is 3.28. The Hall–Kier alpha value is -2.41. The lowest BCUT2D eigenvalue weighted by Crippen LogP contribution is -2.41. The first-order valence-electron chi connectivity index (χ1n) is 6.96. The van der Waals surface area contributed by atoms with Crippen LogP contribution >= 0.6 is 0 Å². The van der Waals surface area contributed by atoms with Gasteiger partial charge in [-0.2, -0.15) is 0 Å². The molecule has 0 aliphatic carbocycles. The number of benzene rings is 1. The first-order valence-corrected chi connectivity index (χ1v) is 6.96. The smallest absolute Gasteiger partial charge is 0.319 e. The van der Waals surface area contributed by atoms with Crippen LogP contribution in [0, 0.1) is 0 Å². The molecule has 0 radical (unpaired) electrons. The second kappa shape index (κ2) is 7.04. The number of imide groups is 1. The van der Waals surface area contributed by atoms with E-state index in [9.17, 15) is 14.4 Å². The van der Waals surface area contributed by atoms with Gasteiger partial charge in [0.15, 0.2) is 0 Å². The third-order valence-electron chi connectivity index (χ3n) is 3.28.